The van der Waals surface area contributed by atoms with Crippen molar-refractivity contribution < 1.29 is 0 Å². The molecule has 0 bridgehead atoms. The van der Waals surface area contributed by atoms with Crippen LogP contribution >= 0.6 is 11.6 Å². The van der Waals surface area contributed by atoms with Crippen LogP contribution in [0.4, 0.5) is 0 Å². The quantitative estimate of drug-likeness (QED) is 0.739. The first-order valence-corrected chi connectivity index (χ1v) is 5.73. The summed E-state index contributed by atoms with van der Waals surface area (Å²) in [5.41, 5.74) is 4.30. The molecule has 1 aliphatic heterocycles. The van der Waals surface area contributed by atoms with Gasteiger partial charge in [0.15, 0.2) is 0 Å². The Hall–Kier alpha value is -0.530. The van der Waals surface area contributed by atoms with Gasteiger partial charge in [-0.3, -0.25) is 0 Å². The third kappa shape index (κ3) is 1.94. The van der Waals surface area contributed by atoms with Gasteiger partial charge in [0, 0.05) is 11.9 Å². The molecule has 1 aromatic carbocycles. The number of hydrogen-bond donors (Lipinski definition) is 1. The van der Waals surface area contributed by atoms with Gasteiger partial charge in [0.2, 0.25) is 0 Å². The maximum absolute atomic E-state index is 5.79. The molecule has 1 aliphatic rings. The number of fused-ring (bicyclic) bond motifs is 1. The van der Waals surface area contributed by atoms with Crippen molar-refractivity contribution in [3.63, 3.8) is 0 Å². The minimum Gasteiger partial charge on any atom is -0.310 e. The lowest BCUT2D eigenvalue weighted by atomic mass is 9.91. The van der Waals surface area contributed by atoms with Crippen LogP contribution in [0.3, 0.4) is 0 Å². The number of halogens is 1. The van der Waals surface area contributed by atoms with E-state index in [-0.39, 0.29) is 0 Å². The summed E-state index contributed by atoms with van der Waals surface area (Å²) in [6.45, 7) is 3.23. The minimum atomic E-state index is 0.469. The third-order valence-corrected chi connectivity index (χ3v) is 3.07. The Labute approximate surface area is 90.5 Å². The number of rotatable bonds is 2. The molecule has 2 heteroatoms. The van der Waals surface area contributed by atoms with E-state index in [1.807, 2.05) is 0 Å². The van der Waals surface area contributed by atoms with E-state index in [0.717, 1.165) is 25.3 Å². The van der Waals surface area contributed by atoms with Crippen LogP contribution in [0.1, 0.15) is 29.2 Å². The molecule has 1 nitrogen and oxygen atoms in total. The van der Waals surface area contributed by atoms with Gasteiger partial charge in [-0.25, -0.2) is 0 Å². The van der Waals surface area contributed by atoms with E-state index in [9.17, 15) is 0 Å². The average molecular weight is 210 g/mol. The Bertz CT molecular complexity index is 322. The van der Waals surface area contributed by atoms with E-state index in [0.29, 0.717) is 6.04 Å². The van der Waals surface area contributed by atoms with Gasteiger partial charge >= 0.3 is 0 Å². The molecule has 0 radical (unpaired) electrons. The first-order valence-electron chi connectivity index (χ1n) is 5.20. The van der Waals surface area contributed by atoms with E-state index in [1.165, 1.54) is 16.7 Å². The molecule has 14 heavy (non-hydrogen) atoms. The summed E-state index contributed by atoms with van der Waals surface area (Å²) < 4.78 is 0. The predicted molar refractivity (Wildman–Crippen MR) is 61.0 cm³/mol. The van der Waals surface area contributed by atoms with E-state index >= 15 is 0 Å². The van der Waals surface area contributed by atoms with Crippen molar-refractivity contribution >= 4 is 11.6 Å². The number of hydrogen-bond acceptors (Lipinski definition) is 1. The highest BCUT2D eigenvalue weighted by Gasteiger charge is 2.18. The fourth-order valence-electron chi connectivity index (χ4n) is 2.15. The lowest BCUT2D eigenvalue weighted by Crippen LogP contribution is -2.30. The molecule has 1 N–H and O–H groups in total. The molecule has 0 fully saturated rings. The van der Waals surface area contributed by atoms with Gasteiger partial charge in [-0.1, -0.05) is 23.8 Å². The van der Waals surface area contributed by atoms with Gasteiger partial charge in [0.05, 0.1) is 0 Å². The van der Waals surface area contributed by atoms with E-state index in [1.54, 1.807) is 0 Å². The second-order valence-electron chi connectivity index (χ2n) is 3.94. The molecule has 0 amide bonds. The van der Waals surface area contributed by atoms with Crippen molar-refractivity contribution in [1.82, 2.24) is 5.32 Å². The van der Waals surface area contributed by atoms with Gasteiger partial charge in [-0.05, 0) is 37.4 Å². The zero-order valence-corrected chi connectivity index (χ0v) is 9.27. The van der Waals surface area contributed by atoms with Crippen molar-refractivity contribution in [3.8, 4) is 0 Å². The Morgan fingerprint density at radius 3 is 3.14 bits per heavy atom. The van der Waals surface area contributed by atoms with E-state index < -0.39 is 0 Å². The summed E-state index contributed by atoms with van der Waals surface area (Å²) in [4.78, 5) is 0. The first kappa shape index (κ1) is 10.0. The number of nitrogens with one attached hydrogen (secondary N) is 1. The minimum absolute atomic E-state index is 0.469. The molecule has 76 valence electrons. The largest absolute Gasteiger partial charge is 0.310 e. The molecule has 1 aromatic rings. The summed E-state index contributed by atoms with van der Waals surface area (Å²) in [7, 11) is 0. The van der Waals surface area contributed by atoms with Crippen molar-refractivity contribution in [2.24, 2.45) is 0 Å². The van der Waals surface area contributed by atoms with Crippen LogP contribution in [-0.4, -0.2) is 12.4 Å². The van der Waals surface area contributed by atoms with Crippen molar-refractivity contribution in [1.29, 1.82) is 0 Å². The Kier molecular flexibility index (Phi) is 3.09. The van der Waals surface area contributed by atoms with Crippen LogP contribution in [0.15, 0.2) is 18.2 Å². The van der Waals surface area contributed by atoms with Gasteiger partial charge in [0.1, 0.15) is 0 Å². The van der Waals surface area contributed by atoms with Crippen molar-refractivity contribution in [3.05, 3.63) is 34.9 Å². The zero-order chi connectivity index (χ0) is 9.97. The fourth-order valence-corrected chi connectivity index (χ4v) is 2.37. The lowest BCUT2D eigenvalue weighted by molar-refractivity contribution is 0.494. The van der Waals surface area contributed by atoms with Gasteiger partial charge in [-0.2, -0.15) is 0 Å². The third-order valence-electron chi connectivity index (χ3n) is 2.86. The Morgan fingerprint density at radius 2 is 2.36 bits per heavy atom. The highest BCUT2D eigenvalue weighted by Crippen LogP contribution is 2.26. The lowest BCUT2D eigenvalue weighted by Gasteiger charge is -2.26. The second kappa shape index (κ2) is 4.33. The predicted octanol–water partition coefficient (Wildman–Crippen LogP) is 2.81. The Morgan fingerprint density at radius 1 is 1.50 bits per heavy atom. The van der Waals surface area contributed by atoms with Gasteiger partial charge < -0.3 is 5.32 Å². The van der Waals surface area contributed by atoms with Crippen LogP contribution < -0.4 is 5.32 Å². The topological polar surface area (TPSA) is 12.0 Å². The molecule has 1 heterocycles. The molecule has 1 unspecified atom stereocenters. The smallest absolute Gasteiger partial charge is 0.0334 e. The van der Waals surface area contributed by atoms with Crippen LogP contribution in [0.2, 0.25) is 0 Å². The number of aryl methyl sites for hydroxylation is 1. The van der Waals surface area contributed by atoms with E-state index in [2.05, 4.69) is 30.4 Å². The summed E-state index contributed by atoms with van der Waals surface area (Å²) >= 11 is 5.79. The van der Waals surface area contributed by atoms with Crippen molar-refractivity contribution in [2.45, 2.75) is 25.8 Å². The van der Waals surface area contributed by atoms with Crippen LogP contribution in [-0.2, 0) is 6.42 Å². The normalized spacial score (nSPS) is 20.6. The summed E-state index contributed by atoms with van der Waals surface area (Å²) in [6.07, 6.45) is 2.17. The molecular weight excluding hydrogens is 194 g/mol. The zero-order valence-electron chi connectivity index (χ0n) is 8.52. The first-order chi connectivity index (χ1) is 6.81. The highest BCUT2D eigenvalue weighted by atomic mass is 35.5. The highest BCUT2D eigenvalue weighted by molar-refractivity contribution is 6.17. The maximum Gasteiger partial charge on any atom is 0.0334 e. The van der Waals surface area contributed by atoms with E-state index in [4.69, 9.17) is 11.6 Å². The molecule has 2 rings (SSSR count). The fraction of sp³-hybridized carbons (Fsp3) is 0.500. The van der Waals surface area contributed by atoms with Gasteiger partial charge in [0.25, 0.3) is 0 Å². The molecular formula is C12H16ClN. The molecule has 0 spiro atoms. The summed E-state index contributed by atoms with van der Waals surface area (Å²) in [6, 6.07) is 7.20. The molecule has 0 aliphatic carbocycles. The SMILES string of the molecule is Cc1ccc2c(c1)CCNC2CCCl. The molecule has 1 atom stereocenters. The van der Waals surface area contributed by atoms with Crippen LogP contribution in [0, 0.1) is 6.92 Å². The van der Waals surface area contributed by atoms with Crippen LogP contribution in [0.5, 0.6) is 0 Å². The number of benzene rings is 1. The Balaban J connectivity index is 2.30. The molecule has 0 saturated carbocycles. The summed E-state index contributed by atoms with van der Waals surface area (Å²) in [5.74, 6) is 0.727. The van der Waals surface area contributed by atoms with Crippen LogP contribution in [0.25, 0.3) is 0 Å². The van der Waals surface area contributed by atoms with Crippen molar-refractivity contribution in [2.75, 3.05) is 12.4 Å². The molecule has 0 saturated heterocycles. The van der Waals surface area contributed by atoms with Gasteiger partial charge in [-0.15, -0.1) is 11.6 Å². The maximum atomic E-state index is 5.79. The summed E-state index contributed by atoms with van der Waals surface area (Å²) in [5, 5.41) is 3.51. The molecule has 0 aromatic heterocycles. The second-order valence-corrected chi connectivity index (χ2v) is 4.31. The monoisotopic (exact) mass is 209 g/mol. The standard InChI is InChI=1S/C12H16ClN/c1-9-2-3-11-10(8-9)5-7-14-12(11)4-6-13/h2-3,8,12,14H,4-7H2,1H3. The average Bonchev–Trinajstić information content (AvgIpc) is 2.18. The number of alkyl halides is 1.